The largest absolute Gasteiger partial charge is 0.393 e. The Bertz CT molecular complexity index is 387. The predicted molar refractivity (Wildman–Crippen MR) is 77.6 cm³/mol. The van der Waals surface area contributed by atoms with Crippen LogP contribution < -0.4 is 0 Å². The molecule has 1 N–H and O–H groups in total. The summed E-state index contributed by atoms with van der Waals surface area (Å²) in [4.78, 5) is 0. The summed E-state index contributed by atoms with van der Waals surface area (Å²) < 4.78 is 0. The van der Waals surface area contributed by atoms with Crippen LogP contribution >= 0.6 is 0 Å². The minimum Gasteiger partial charge on any atom is -0.393 e. The van der Waals surface area contributed by atoms with Gasteiger partial charge in [-0.05, 0) is 86.4 Å². The lowest BCUT2D eigenvalue weighted by molar-refractivity contribution is -0.0668. The molecule has 0 heterocycles. The molecule has 4 rings (SSSR count). The average molecular weight is 260 g/mol. The summed E-state index contributed by atoms with van der Waals surface area (Å²) in [6.07, 6.45) is 15.7. The number of allylic oxidation sites excluding steroid dienone is 2. The van der Waals surface area contributed by atoms with Crippen molar-refractivity contribution < 1.29 is 5.11 Å². The van der Waals surface area contributed by atoms with Crippen LogP contribution in [0.1, 0.15) is 58.3 Å². The van der Waals surface area contributed by atoms with Gasteiger partial charge in [0.15, 0.2) is 0 Å². The summed E-state index contributed by atoms with van der Waals surface area (Å²) in [6, 6.07) is 0. The Labute approximate surface area is 117 Å². The van der Waals surface area contributed by atoms with Crippen molar-refractivity contribution in [1.29, 1.82) is 0 Å². The van der Waals surface area contributed by atoms with Crippen molar-refractivity contribution >= 4 is 0 Å². The van der Waals surface area contributed by atoms with Crippen LogP contribution in [0, 0.1) is 35.0 Å². The maximum absolute atomic E-state index is 10.4. The summed E-state index contributed by atoms with van der Waals surface area (Å²) in [6.45, 7) is 2.38. The second-order valence-corrected chi connectivity index (χ2v) is 7.99. The van der Waals surface area contributed by atoms with Crippen molar-refractivity contribution in [3.63, 3.8) is 0 Å². The second kappa shape index (κ2) is 4.35. The molecule has 0 radical (unpaired) electrons. The molecule has 0 amide bonds. The van der Waals surface area contributed by atoms with E-state index in [-0.39, 0.29) is 11.5 Å². The molecule has 1 nitrogen and oxygen atoms in total. The molecule has 0 aromatic carbocycles. The number of hydrogen-bond donors (Lipinski definition) is 1. The Morgan fingerprint density at radius 2 is 1.89 bits per heavy atom. The molecule has 0 aliphatic heterocycles. The first kappa shape index (κ1) is 12.4. The third-order valence-electron chi connectivity index (χ3n) is 7.41. The highest BCUT2D eigenvalue weighted by Crippen LogP contribution is 2.61. The van der Waals surface area contributed by atoms with E-state index in [2.05, 4.69) is 19.1 Å². The Morgan fingerprint density at radius 3 is 2.79 bits per heavy atom. The Hall–Kier alpha value is -0.300. The number of rotatable bonds is 0. The predicted octanol–water partition coefficient (Wildman–Crippen LogP) is 4.17. The fourth-order valence-electron chi connectivity index (χ4n) is 6.33. The molecule has 106 valence electrons. The standard InChI is InChI=1S/C18H28O/c1-18-11-10-14-13-5-3-2-4-12(13)6-7-15(14)16(18)8-9-17(18)19/h3,5,12-17,19H,2,4,6-11H2,1H3/t12?,13-,14+,15+,16-,17-,18-/m0/s1. The van der Waals surface area contributed by atoms with Crippen LogP contribution in [0.5, 0.6) is 0 Å². The molecule has 1 unspecified atom stereocenters. The van der Waals surface area contributed by atoms with E-state index in [1.54, 1.807) is 0 Å². The van der Waals surface area contributed by atoms with Crippen LogP contribution in [0.4, 0.5) is 0 Å². The monoisotopic (exact) mass is 260 g/mol. The van der Waals surface area contributed by atoms with Crippen LogP contribution in [-0.2, 0) is 0 Å². The highest BCUT2D eigenvalue weighted by molar-refractivity contribution is 5.10. The van der Waals surface area contributed by atoms with Crippen LogP contribution in [0.25, 0.3) is 0 Å². The van der Waals surface area contributed by atoms with Crippen molar-refractivity contribution in [2.24, 2.45) is 35.0 Å². The number of aliphatic hydroxyl groups excluding tert-OH is 1. The molecule has 4 aliphatic carbocycles. The maximum atomic E-state index is 10.4. The van der Waals surface area contributed by atoms with Gasteiger partial charge in [-0.3, -0.25) is 0 Å². The van der Waals surface area contributed by atoms with Crippen LogP contribution in [0.3, 0.4) is 0 Å². The summed E-state index contributed by atoms with van der Waals surface area (Å²) in [5.41, 5.74) is 0.256. The second-order valence-electron chi connectivity index (χ2n) is 7.99. The van der Waals surface area contributed by atoms with Gasteiger partial charge in [0.2, 0.25) is 0 Å². The molecule has 4 aliphatic rings. The van der Waals surface area contributed by atoms with E-state index in [9.17, 15) is 5.11 Å². The maximum Gasteiger partial charge on any atom is 0.0596 e. The fourth-order valence-corrected chi connectivity index (χ4v) is 6.33. The number of hydrogen-bond acceptors (Lipinski definition) is 1. The first-order valence-electron chi connectivity index (χ1n) is 8.55. The van der Waals surface area contributed by atoms with Gasteiger partial charge in [0.1, 0.15) is 0 Å². The van der Waals surface area contributed by atoms with Crippen molar-refractivity contribution in [3.05, 3.63) is 12.2 Å². The van der Waals surface area contributed by atoms with Gasteiger partial charge in [0, 0.05) is 0 Å². The van der Waals surface area contributed by atoms with Gasteiger partial charge in [0.25, 0.3) is 0 Å². The highest BCUT2D eigenvalue weighted by Gasteiger charge is 2.55. The minimum atomic E-state index is -0.0157. The molecule has 0 saturated heterocycles. The normalized spacial score (nSPS) is 56.3. The van der Waals surface area contributed by atoms with Crippen LogP contribution in [-0.4, -0.2) is 11.2 Å². The van der Waals surface area contributed by atoms with E-state index in [1.807, 2.05) is 0 Å². The molecule has 0 bridgehead atoms. The molecule has 0 spiro atoms. The van der Waals surface area contributed by atoms with E-state index in [1.165, 1.54) is 44.9 Å². The number of aliphatic hydroxyl groups is 1. The molecular weight excluding hydrogens is 232 g/mol. The summed E-state index contributed by atoms with van der Waals surface area (Å²) >= 11 is 0. The fraction of sp³-hybridized carbons (Fsp3) is 0.889. The average Bonchev–Trinajstić information content (AvgIpc) is 2.75. The number of fused-ring (bicyclic) bond motifs is 5. The van der Waals surface area contributed by atoms with E-state index in [4.69, 9.17) is 0 Å². The first-order chi connectivity index (χ1) is 9.20. The molecule has 19 heavy (non-hydrogen) atoms. The van der Waals surface area contributed by atoms with Crippen LogP contribution in [0.2, 0.25) is 0 Å². The molecule has 0 aromatic heterocycles. The van der Waals surface area contributed by atoms with Crippen molar-refractivity contribution in [2.75, 3.05) is 0 Å². The molecule has 7 atom stereocenters. The lowest BCUT2D eigenvalue weighted by Gasteiger charge is -2.54. The third-order valence-corrected chi connectivity index (χ3v) is 7.41. The Morgan fingerprint density at radius 1 is 1.00 bits per heavy atom. The molecule has 1 heteroatoms. The molecular formula is C18H28O. The molecule has 3 saturated carbocycles. The van der Waals surface area contributed by atoms with Gasteiger partial charge in [-0.15, -0.1) is 0 Å². The zero-order valence-corrected chi connectivity index (χ0v) is 12.2. The van der Waals surface area contributed by atoms with Crippen molar-refractivity contribution in [1.82, 2.24) is 0 Å². The van der Waals surface area contributed by atoms with Gasteiger partial charge in [-0.2, -0.15) is 0 Å². The quantitative estimate of drug-likeness (QED) is 0.648. The van der Waals surface area contributed by atoms with Gasteiger partial charge in [0.05, 0.1) is 6.10 Å². The Balaban J connectivity index is 1.63. The van der Waals surface area contributed by atoms with Gasteiger partial charge >= 0.3 is 0 Å². The summed E-state index contributed by atoms with van der Waals surface area (Å²) in [7, 11) is 0. The first-order valence-corrected chi connectivity index (χ1v) is 8.55. The molecule has 0 aromatic rings. The SMILES string of the molecule is C[C@]12CC[C@H]3[C@@H](CCC4CCC=C[C@@H]43)[C@@H]1CC[C@@H]2O. The highest BCUT2D eigenvalue weighted by atomic mass is 16.3. The minimum absolute atomic E-state index is 0.0157. The lowest BCUT2D eigenvalue weighted by Crippen LogP contribution is -2.48. The van der Waals surface area contributed by atoms with E-state index in [0.717, 1.165) is 36.0 Å². The zero-order valence-electron chi connectivity index (χ0n) is 12.2. The summed E-state index contributed by atoms with van der Waals surface area (Å²) in [5.74, 6) is 4.55. The summed E-state index contributed by atoms with van der Waals surface area (Å²) in [5, 5.41) is 10.4. The third kappa shape index (κ3) is 1.70. The smallest absolute Gasteiger partial charge is 0.0596 e. The van der Waals surface area contributed by atoms with Crippen molar-refractivity contribution in [3.8, 4) is 0 Å². The van der Waals surface area contributed by atoms with Crippen molar-refractivity contribution in [2.45, 2.75) is 64.4 Å². The lowest BCUT2D eigenvalue weighted by atomic mass is 9.51. The van der Waals surface area contributed by atoms with Gasteiger partial charge in [-0.1, -0.05) is 19.1 Å². The Kier molecular flexibility index (Phi) is 2.85. The van der Waals surface area contributed by atoms with E-state index in [0.29, 0.717) is 0 Å². The van der Waals surface area contributed by atoms with E-state index < -0.39 is 0 Å². The topological polar surface area (TPSA) is 20.2 Å². The van der Waals surface area contributed by atoms with Gasteiger partial charge in [-0.25, -0.2) is 0 Å². The van der Waals surface area contributed by atoms with Crippen LogP contribution in [0.15, 0.2) is 12.2 Å². The van der Waals surface area contributed by atoms with Gasteiger partial charge < -0.3 is 5.11 Å². The zero-order chi connectivity index (χ0) is 13.0. The van der Waals surface area contributed by atoms with E-state index >= 15 is 0 Å². The molecule has 3 fully saturated rings.